The van der Waals surface area contributed by atoms with Gasteiger partial charge in [-0.25, -0.2) is 4.39 Å². The van der Waals surface area contributed by atoms with Crippen molar-refractivity contribution in [1.82, 2.24) is 0 Å². The number of nitrogens with zero attached hydrogens (tertiary/aromatic N) is 1. The Morgan fingerprint density at radius 1 is 1.33 bits per heavy atom. The molecule has 1 aromatic rings. The van der Waals surface area contributed by atoms with Gasteiger partial charge in [-0.2, -0.15) is 0 Å². The van der Waals surface area contributed by atoms with Crippen LogP contribution in [0.4, 0.5) is 10.1 Å². The van der Waals surface area contributed by atoms with Gasteiger partial charge in [-0.3, -0.25) is 10.1 Å². The van der Waals surface area contributed by atoms with E-state index >= 15 is 0 Å². The second-order valence-electron chi connectivity index (χ2n) is 5.96. The van der Waals surface area contributed by atoms with Crippen LogP contribution in [0.25, 0.3) is 0 Å². The van der Waals surface area contributed by atoms with Crippen molar-refractivity contribution in [2.45, 2.75) is 45.8 Å². The van der Waals surface area contributed by atoms with Gasteiger partial charge in [0.25, 0.3) is 5.69 Å². The lowest BCUT2D eigenvalue weighted by Crippen LogP contribution is -2.53. The van der Waals surface area contributed by atoms with Crippen molar-refractivity contribution in [3.8, 4) is 0 Å². The molecule has 0 radical (unpaired) electrons. The molecule has 0 aliphatic rings. The molecule has 0 amide bonds. The molecule has 0 aliphatic heterocycles. The van der Waals surface area contributed by atoms with Crippen LogP contribution in [0, 0.1) is 22.9 Å². The topological polar surface area (TPSA) is 92.8 Å². The summed E-state index contributed by atoms with van der Waals surface area (Å²) in [6.07, 6.45) is 0. The maximum absolute atomic E-state index is 13.9. The zero-order valence-electron chi connectivity index (χ0n) is 12.7. The minimum Gasteiger partial charge on any atom is -0.423 e. The quantitative estimate of drug-likeness (QED) is 0.485. The van der Waals surface area contributed by atoms with Crippen LogP contribution < -0.4 is 5.46 Å². The van der Waals surface area contributed by atoms with Crippen molar-refractivity contribution in [3.05, 3.63) is 33.6 Å². The average Bonchev–Trinajstić information content (AvgIpc) is 2.25. The van der Waals surface area contributed by atoms with Crippen LogP contribution in [-0.4, -0.2) is 33.4 Å². The van der Waals surface area contributed by atoms with E-state index in [4.69, 9.17) is 4.65 Å². The van der Waals surface area contributed by atoms with Gasteiger partial charge in [-0.05, 0) is 40.7 Å². The molecule has 1 aromatic carbocycles. The molecule has 0 atom stereocenters. The molecule has 0 bridgehead atoms. The first-order valence-electron chi connectivity index (χ1n) is 6.39. The number of rotatable bonds is 5. The monoisotopic (exact) mass is 299 g/mol. The first-order chi connectivity index (χ1) is 9.36. The second-order valence-corrected chi connectivity index (χ2v) is 5.96. The summed E-state index contributed by atoms with van der Waals surface area (Å²) < 4.78 is 19.2. The van der Waals surface area contributed by atoms with Gasteiger partial charge in [0.1, 0.15) is 5.82 Å². The van der Waals surface area contributed by atoms with E-state index in [1.807, 2.05) is 0 Å². The van der Waals surface area contributed by atoms with Gasteiger partial charge < -0.3 is 14.8 Å². The van der Waals surface area contributed by atoms with Gasteiger partial charge in [0.15, 0.2) is 0 Å². The molecule has 2 N–H and O–H groups in total. The minimum absolute atomic E-state index is 0.148. The highest BCUT2D eigenvalue weighted by molar-refractivity contribution is 6.60. The maximum Gasteiger partial charge on any atom is 0.494 e. The van der Waals surface area contributed by atoms with Crippen molar-refractivity contribution in [2.24, 2.45) is 0 Å². The third-order valence-electron chi connectivity index (χ3n) is 3.66. The van der Waals surface area contributed by atoms with Gasteiger partial charge in [0, 0.05) is 17.1 Å². The Morgan fingerprint density at radius 2 is 1.86 bits per heavy atom. The SMILES string of the molecule is Cc1cc(F)c(B(O)OC(C)(C)C(C)(C)O)cc1[N+](=O)[O-]. The number of hydrogen-bond acceptors (Lipinski definition) is 5. The van der Waals surface area contributed by atoms with Gasteiger partial charge in [-0.1, -0.05) is 0 Å². The third kappa shape index (κ3) is 3.78. The predicted octanol–water partition coefficient (Wildman–Crippen LogP) is 1.30. The molecule has 1 rings (SSSR count). The number of nitro benzene ring substituents is 1. The van der Waals surface area contributed by atoms with Crippen molar-refractivity contribution >= 4 is 18.3 Å². The molecule has 0 spiro atoms. The highest BCUT2D eigenvalue weighted by Gasteiger charge is 2.40. The van der Waals surface area contributed by atoms with Crippen molar-refractivity contribution in [1.29, 1.82) is 0 Å². The standard InChI is InChI=1S/C13H19BFNO5/c1-8-6-10(15)9(7-11(8)16(19)20)14(18)21-13(4,5)12(2,3)17/h6-7,17-18H,1-5H3. The molecule has 0 heterocycles. The van der Waals surface area contributed by atoms with Crippen molar-refractivity contribution in [2.75, 3.05) is 0 Å². The first-order valence-corrected chi connectivity index (χ1v) is 6.39. The van der Waals surface area contributed by atoms with Gasteiger partial charge in [0.05, 0.1) is 16.1 Å². The van der Waals surface area contributed by atoms with E-state index in [1.54, 1.807) is 0 Å². The largest absolute Gasteiger partial charge is 0.494 e. The van der Waals surface area contributed by atoms with E-state index in [-0.39, 0.29) is 16.7 Å². The third-order valence-corrected chi connectivity index (χ3v) is 3.66. The summed E-state index contributed by atoms with van der Waals surface area (Å²) in [5.74, 6) is -0.808. The predicted molar refractivity (Wildman–Crippen MR) is 76.9 cm³/mol. The first kappa shape index (κ1) is 17.5. The molecular weight excluding hydrogens is 280 g/mol. The van der Waals surface area contributed by atoms with E-state index in [2.05, 4.69) is 0 Å². The van der Waals surface area contributed by atoms with Crippen LogP contribution in [0.3, 0.4) is 0 Å². The second kappa shape index (κ2) is 5.71. The number of hydrogen-bond donors (Lipinski definition) is 2. The van der Waals surface area contributed by atoms with E-state index in [0.29, 0.717) is 0 Å². The van der Waals surface area contributed by atoms with Gasteiger partial charge >= 0.3 is 7.12 Å². The van der Waals surface area contributed by atoms with Crippen molar-refractivity contribution in [3.63, 3.8) is 0 Å². The molecule has 0 unspecified atom stereocenters. The summed E-state index contributed by atoms with van der Waals surface area (Å²) in [6, 6.07) is 1.91. The Morgan fingerprint density at radius 3 is 2.29 bits per heavy atom. The summed E-state index contributed by atoms with van der Waals surface area (Å²) in [5, 5.41) is 30.8. The Balaban J connectivity index is 3.17. The molecule has 116 valence electrons. The summed E-state index contributed by atoms with van der Waals surface area (Å²) in [5.41, 5.74) is -3.01. The van der Waals surface area contributed by atoms with Crippen LogP contribution in [-0.2, 0) is 4.65 Å². The number of aryl methyl sites for hydroxylation is 1. The summed E-state index contributed by atoms with van der Waals surface area (Å²) in [4.78, 5) is 10.2. The lowest BCUT2D eigenvalue weighted by molar-refractivity contribution is -0.385. The number of nitro groups is 1. The van der Waals surface area contributed by atoms with E-state index in [0.717, 1.165) is 12.1 Å². The summed E-state index contributed by atoms with van der Waals surface area (Å²) >= 11 is 0. The fraction of sp³-hybridized carbons (Fsp3) is 0.538. The average molecular weight is 299 g/mol. The number of halogens is 1. The lowest BCUT2D eigenvalue weighted by Gasteiger charge is -2.38. The fourth-order valence-corrected chi connectivity index (χ4v) is 1.55. The molecule has 21 heavy (non-hydrogen) atoms. The minimum atomic E-state index is -1.73. The molecular formula is C13H19BFNO5. The summed E-state index contributed by atoms with van der Waals surface area (Å²) in [6.45, 7) is 7.41. The van der Waals surface area contributed by atoms with Crippen LogP contribution in [0.15, 0.2) is 12.1 Å². The smallest absolute Gasteiger partial charge is 0.423 e. The Labute approximate surface area is 122 Å². The lowest BCUT2D eigenvalue weighted by atomic mass is 9.75. The Kier molecular flexibility index (Phi) is 4.77. The highest BCUT2D eigenvalue weighted by atomic mass is 19.1. The molecule has 0 aromatic heterocycles. The molecule has 6 nitrogen and oxygen atoms in total. The number of benzene rings is 1. The molecule has 0 saturated carbocycles. The van der Waals surface area contributed by atoms with E-state index in [1.165, 1.54) is 34.6 Å². The van der Waals surface area contributed by atoms with E-state index < -0.39 is 29.1 Å². The van der Waals surface area contributed by atoms with Crippen LogP contribution in [0.2, 0.25) is 0 Å². The van der Waals surface area contributed by atoms with Crippen LogP contribution in [0.1, 0.15) is 33.3 Å². The normalized spacial score (nSPS) is 12.4. The zero-order valence-corrected chi connectivity index (χ0v) is 12.7. The molecule has 0 aliphatic carbocycles. The van der Waals surface area contributed by atoms with Crippen LogP contribution in [0.5, 0.6) is 0 Å². The molecule has 0 fully saturated rings. The fourth-order valence-electron chi connectivity index (χ4n) is 1.55. The van der Waals surface area contributed by atoms with Gasteiger partial charge in [0.2, 0.25) is 0 Å². The number of aliphatic hydroxyl groups is 1. The van der Waals surface area contributed by atoms with Crippen LogP contribution >= 0.6 is 0 Å². The zero-order chi connectivity index (χ0) is 16.6. The Hall–Kier alpha value is -1.51. The maximum atomic E-state index is 13.9. The Bertz CT molecular complexity index is 556. The highest BCUT2D eigenvalue weighted by Crippen LogP contribution is 2.26. The van der Waals surface area contributed by atoms with Gasteiger partial charge in [-0.15, -0.1) is 0 Å². The van der Waals surface area contributed by atoms with Crippen molar-refractivity contribution < 1.29 is 24.1 Å². The summed E-state index contributed by atoms with van der Waals surface area (Å²) in [7, 11) is -1.73. The van der Waals surface area contributed by atoms with E-state index in [9.17, 15) is 24.6 Å². The molecule has 8 heteroatoms. The molecule has 0 saturated heterocycles.